The summed E-state index contributed by atoms with van der Waals surface area (Å²) >= 11 is 0. The molecular formula is C14H18N2O4S. The van der Waals surface area contributed by atoms with Crippen LogP contribution in [0, 0.1) is 0 Å². The van der Waals surface area contributed by atoms with E-state index in [4.69, 9.17) is 0 Å². The standard InChI is InChI=1S/C14H18N2O4S/c17-13-3-1-2-10-11(13)4-5-12(10)16-14(18)15-9-6-7-21(19,20)8-9/h1-3,9,12,17H,4-8H2,(H2,15,16,18)/t9-,12-/m1/s1. The molecule has 1 fully saturated rings. The van der Waals surface area contributed by atoms with Gasteiger partial charge in [-0.15, -0.1) is 0 Å². The summed E-state index contributed by atoms with van der Waals surface area (Å²) in [4.78, 5) is 12.0. The molecule has 6 nitrogen and oxygen atoms in total. The van der Waals surface area contributed by atoms with Gasteiger partial charge in [0.05, 0.1) is 17.5 Å². The zero-order valence-corrected chi connectivity index (χ0v) is 12.3. The van der Waals surface area contributed by atoms with Gasteiger partial charge in [0.25, 0.3) is 0 Å². The van der Waals surface area contributed by atoms with Crippen LogP contribution in [-0.2, 0) is 16.3 Å². The van der Waals surface area contributed by atoms with Crippen LogP contribution in [0.1, 0.15) is 30.0 Å². The highest BCUT2D eigenvalue weighted by molar-refractivity contribution is 7.91. The number of hydrogen-bond acceptors (Lipinski definition) is 4. The number of nitrogens with one attached hydrogen (secondary N) is 2. The first-order chi connectivity index (χ1) is 9.94. The molecule has 3 rings (SSSR count). The molecule has 0 unspecified atom stereocenters. The Balaban J connectivity index is 1.61. The molecule has 3 N–H and O–H groups in total. The Hall–Kier alpha value is -1.76. The Morgan fingerprint density at radius 1 is 1.24 bits per heavy atom. The molecule has 1 aromatic carbocycles. The second kappa shape index (κ2) is 5.22. The third-order valence-corrected chi connectivity index (χ3v) is 5.89. The van der Waals surface area contributed by atoms with Gasteiger partial charge >= 0.3 is 6.03 Å². The van der Waals surface area contributed by atoms with Gasteiger partial charge in [-0.1, -0.05) is 12.1 Å². The van der Waals surface area contributed by atoms with E-state index in [1.54, 1.807) is 12.1 Å². The lowest BCUT2D eigenvalue weighted by atomic mass is 10.1. The highest BCUT2D eigenvalue weighted by atomic mass is 32.2. The third kappa shape index (κ3) is 2.97. The van der Waals surface area contributed by atoms with Crippen molar-refractivity contribution in [3.05, 3.63) is 29.3 Å². The summed E-state index contributed by atoms with van der Waals surface area (Å²) in [5.41, 5.74) is 1.82. The number of carbonyl (C=O) groups excluding carboxylic acids is 1. The highest BCUT2D eigenvalue weighted by Gasteiger charge is 2.30. The molecule has 1 aliphatic carbocycles. The van der Waals surface area contributed by atoms with E-state index in [0.717, 1.165) is 24.0 Å². The van der Waals surface area contributed by atoms with Crippen molar-refractivity contribution in [2.45, 2.75) is 31.3 Å². The van der Waals surface area contributed by atoms with Gasteiger partial charge in [-0.3, -0.25) is 0 Å². The predicted octanol–water partition coefficient (Wildman–Crippen LogP) is 0.866. The van der Waals surface area contributed by atoms with Crippen LogP contribution < -0.4 is 10.6 Å². The molecule has 0 bridgehead atoms. The number of hydrogen-bond donors (Lipinski definition) is 3. The summed E-state index contributed by atoms with van der Waals surface area (Å²) in [6.07, 6.45) is 1.94. The average molecular weight is 310 g/mol. The van der Waals surface area contributed by atoms with E-state index in [1.165, 1.54) is 0 Å². The molecule has 1 aromatic rings. The number of sulfone groups is 1. The SMILES string of the molecule is O=C(N[C@@H]1CCS(=O)(=O)C1)N[C@@H]1CCc2c(O)cccc21. The number of fused-ring (bicyclic) bond motifs is 1. The summed E-state index contributed by atoms with van der Waals surface area (Å²) < 4.78 is 22.7. The van der Waals surface area contributed by atoms with Crippen molar-refractivity contribution in [2.24, 2.45) is 0 Å². The van der Waals surface area contributed by atoms with Gasteiger partial charge in [-0.25, -0.2) is 13.2 Å². The lowest BCUT2D eigenvalue weighted by Gasteiger charge is -2.17. The zero-order chi connectivity index (χ0) is 15.0. The molecule has 7 heteroatoms. The summed E-state index contributed by atoms with van der Waals surface area (Å²) in [5.74, 6) is 0.416. The number of benzene rings is 1. The molecule has 114 valence electrons. The van der Waals surface area contributed by atoms with Crippen LogP contribution in [-0.4, -0.2) is 37.1 Å². The van der Waals surface area contributed by atoms with E-state index in [9.17, 15) is 18.3 Å². The minimum absolute atomic E-state index is 0.0163. The number of amides is 2. The van der Waals surface area contributed by atoms with Crippen LogP contribution in [0.15, 0.2) is 18.2 Å². The van der Waals surface area contributed by atoms with Crippen LogP contribution in [0.2, 0.25) is 0 Å². The minimum atomic E-state index is -3.00. The van der Waals surface area contributed by atoms with Crippen LogP contribution >= 0.6 is 0 Å². The first-order valence-electron chi connectivity index (χ1n) is 7.03. The van der Waals surface area contributed by atoms with Crippen molar-refractivity contribution in [1.29, 1.82) is 0 Å². The van der Waals surface area contributed by atoms with Gasteiger partial charge < -0.3 is 15.7 Å². The van der Waals surface area contributed by atoms with Crippen LogP contribution in [0.4, 0.5) is 4.79 Å². The summed E-state index contributed by atoms with van der Waals surface area (Å²) in [6.45, 7) is 0. The number of aromatic hydroxyl groups is 1. The van der Waals surface area contributed by atoms with E-state index in [0.29, 0.717) is 6.42 Å². The lowest BCUT2D eigenvalue weighted by Crippen LogP contribution is -2.43. The molecule has 0 saturated carbocycles. The Bertz CT molecular complexity index is 672. The van der Waals surface area contributed by atoms with Gasteiger partial charge in [0.15, 0.2) is 9.84 Å². The molecular weight excluding hydrogens is 292 g/mol. The molecule has 2 aliphatic rings. The van der Waals surface area contributed by atoms with Gasteiger partial charge in [-0.05, 0) is 36.5 Å². The van der Waals surface area contributed by atoms with Crippen molar-refractivity contribution in [1.82, 2.24) is 10.6 Å². The molecule has 0 spiro atoms. The largest absolute Gasteiger partial charge is 0.508 e. The van der Waals surface area contributed by atoms with E-state index >= 15 is 0 Å². The third-order valence-electron chi connectivity index (χ3n) is 4.12. The summed E-state index contributed by atoms with van der Waals surface area (Å²) in [6, 6.07) is 4.51. The van der Waals surface area contributed by atoms with E-state index < -0.39 is 9.84 Å². The van der Waals surface area contributed by atoms with Crippen LogP contribution in [0.25, 0.3) is 0 Å². The molecule has 2 amide bonds. The van der Waals surface area contributed by atoms with Crippen LogP contribution in [0.3, 0.4) is 0 Å². The average Bonchev–Trinajstić information content (AvgIpc) is 2.95. The number of urea groups is 1. The monoisotopic (exact) mass is 310 g/mol. The quantitative estimate of drug-likeness (QED) is 0.755. The fourth-order valence-corrected chi connectivity index (χ4v) is 4.75. The minimum Gasteiger partial charge on any atom is -0.508 e. The Morgan fingerprint density at radius 3 is 2.76 bits per heavy atom. The maximum atomic E-state index is 12.0. The normalized spacial score (nSPS) is 26.3. The molecule has 0 radical (unpaired) electrons. The number of phenols is 1. The Morgan fingerprint density at radius 2 is 2.05 bits per heavy atom. The topological polar surface area (TPSA) is 95.5 Å². The maximum Gasteiger partial charge on any atom is 0.315 e. The maximum absolute atomic E-state index is 12.0. The zero-order valence-electron chi connectivity index (χ0n) is 11.5. The second-order valence-corrected chi connectivity index (χ2v) is 7.88. The molecule has 1 heterocycles. The van der Waals surface area contributed by atoms with E-state index in [1.807, 2.05) is 6.07 Å². The van der Waals surface area contributed by atoms with Gasteiger partial charge in [0.2, 0.25) is 0 Å². The van der Waals surface area contributed by atoms with Gasteiger partial charge in [0.1, 0.15) is 5.75 Å². The van der Waals surface area contributed by atoms with Crippen molar-refractivity contribution in [3.63, 3.8) is 0 Å². The fraction of sp³-hybridized carbons (Fsp3) is 0.500. The van der Waals surface area contributed by atoms with E-state index in [-0.39, 0.29) is 35.4 Å². The highest BCUT2D eigenvalue weighted by Crippen LogP contribution is 2.36. The number of carbonyl (C=O) groups is 1. The van der Waals surface area contributed by atoms with Crippen LogP contribution in [0.5, 0.6) is 5.75 Å². The fourth-order valence-electron chi connectivity index (χ4n) is 3.08. The van der Waals surface area contributed by atoms with Crippen molar-refractivity contribution >= 4 is 15.9 Å². The van der Waals surface area contributed by atoms with Crippen molar-refractivity contribution < 1.29 is 18.3 Å². The second-order valence-electron chi connectivity index (χ2n) is 5.65. The smallest absolute Gasteiger partial charge is 0.315 e. The molecule has 1 aliphatic heterocycles. The van der Waals surface area contributed by atoms with Crippen molar-refractivity contribution in [3.8, 4) is 5.75 Å². The first-order valence-corrected chi connectivity index (χ1v) is 8.85. The number of phenolic OH excluding ortho intramolecular Hbond substituents is 1. The summed E-state index contributed by atoms with van der Waals surface area (Å²) in [7, 11) is -3.00. The molecule has 1 saturated heterocycles. The van der Waals surface area contributed by atoms with Gasteiger partial charge in [0, 0.05) is 6.04 Å². The molecule has 21 heavy (non-hydrogen) atoms. The Labute approximate surface area is 123 Å². The first kappa shape index (κ1) is 14.2. The van der Waals surface area contributed by atoms with Crippen molar-refractivity contribution in [2.75, 3.05) is 11.5 Å². The molecule has 2 atom stereocenters. The Kier molecular flexibility index (Phi) is 3.52. The summed E-state index contributed by atoms with van der Waals surface area (Å²) in [5, 5.41) is 15.4. The van der Waals surface area contributed by atoms with Gasteiger partial charge in [-0.2, -0.15) is 0 Å². The predicted molar refractivity (Wildman–Crippen MR) is 77.9 cm³/mol. The van der Waals surface area contributed by atoms with E-state index in [2.05, 4.69) is 10.6 Å². The number of rotatable bonds is 2. The molecule has 0 aromatic heterocycles. The lowest BCUT2D eigenvalue weighted by molar-refractivity contribution is 0.234.